The molecule has 3 N–H and O–H groups in total. The van der Waals surface area contributed by atoms with Gasteiger partial charge in [-0.2, -0.15) is 0 Å². The van der Waals surface area contributed by atoms with Gasteiger partial charge < -0.3 is 5.73 Å². The molecule has 112 valence electrons. The second-order valence-electron chi connectivity index (χ2n) is 5.61. The lowest BCUT2D eigenvalue weighted by Crippen LogP contribution is -2.15. The van der Waals surface area contributed by atoms with Crippen LogP contribution in [0, 0.1) is 0 Å². The topological polar surface area (TPSA) is 68.0 Å². The van der Waals surface area contributed by atoms with Gasteiger partial charge in [-0.15, -0.1) is 11.3 Å². The average Bonchev–Trinajstić information content (AvgIpc) is 2.82. The fourth-order valence-electron chi connectivity index (χ4n) is 1.62. The van der Waals surface area contributed by atoms with Crippen LogP contribution in [0.3, 0.4) is 0 Å². The van der Waals surface area contributed by atoms with Gasteiger partial charge >= 0.3 is 0 Å². The molecule has 7 heteroatoms. The largest absolute Gasteiger partial charge is 0.399 e. The number of carbonyl (C=O) groups is 1. The Balaban J connectivity index is 2.25. The molecule has 0 bridgehead atoms. The first-order valence-electron chi connectivity index (χ1n) is 6.20. The molecule has 1 amide bonds. The van der Waals surface area contributed by atoms with E-state index < -0.39 is 0 Å². The Kier molecular flexibility index (Phi) is 4.46. The van der Waals surface area contributed by atoms with E-state index in [4.69, 9.17) is 28.9 Å². The molecule has 0 fully saturated rings. The molecule has 0 unspecified atom stereocenters. The van der Waals surface area contributed by atoms with Crippen LogP contribution in [0.5, 0.6) is 0 Å². The van der Waals surface area contributed by atoms with E-state index in [9.17, 15) is 4.79 Å². The van der Waals surface area contributed by atoms with Crippen LogP contribution in [0.4, 0.5) is 10.8 Å². The maximum atomic E-state index is 12.3. The molecular formula is C14H15Cl2N3OS. The zero-order valence-electron chi connectivity index (χ0n) is 11.8. The molecule has 0 saturated heterocycles. The van der Waals surface area contributed by atoms with Crippen molar-refractivity contribution in [1.82, 2.24) is 4.98 Å². The Morgan fingerprint density at radius 3 is 2.57 bits per heavy atom. The van der Waals surface area contributed by atoms with Gasteiger partial charge in [0, 0.05) is 16.5 Å². The third-order valence-electron chi connectivity index (χ3n) is 2.79. The predicted octanol–water partition coefficient (Wildman–Crippen LogP) is 4.58. The third kappa shape index (κ3) is 3.67. The molecule has 0 aliphatic rings. The lowest BCUT2D eigenvalue weighted by molar-refractivity contribution is 0.102. The predicted molar refractivity (Wildman–Crippen MR) is 89.6 cm³/mol. The summed E-state index contributed by atoms with van der Waals surface area (Å²) < 4.78 is 0. The van der Waals surface area contributed by atoms with Crippen molar-refractivity contribution in [2.75, 3.05) is 11.1 Å². The number of hydrogen-bond donors (Lipinski definition) is 2. The van der Waals surface area contributed by atoms with Crippen molar-refractivity contribution >= 4 is 51.3 Å². The van der Waals surface area contributed by atoms with Crippen LogP contribution in [-0.4, -0.2) is 10.9 Å². The van der Waals surface area contributed by atoms with Crippen molar-refractivity contribution < 1.29 is 4.79 Å². The van der Waals surface area contributed by atoms with E-state index in [0.29, 0.717) is 10.8 Å². The first kappa shape index (κ1) is 16.1. The molecule has 0 saturated carbocycles. The van der Waals surface area contributed by atoms with Gasteiger partial charge in [0.05, 0.1) is 21.3 Å². The number of thiazole rings is 1. The number of amides is 1. The van der Waals surface area contributed by atoms with E-state index in [1.54, 1.807) is 0 Å². The van der Waals surface area contributed by atoms with E-state index in [1.165, 1.54) is 23.5 Å². The van der Waals surface area contributed by atoms with Gasteiger partial charge in [-0.1, -0.05) is 44.0 Å². The molecule has 1 heterocycles. The fourth-order valence-corrected chi connectivity index (χ4v) is 2.97. The molecule has 21 heavy (non-hydrogen) atoms. The Morgan fingerprint density at radius 2 is 2.00 bits per heavy atom. The number of halogens is 2. The van der Waals surface area contributed by atoms with Crippen LogP contribution in [0.15, 0.2) is 17.5 Å². The summed E-state index contributed by atoms with van der Waals surface area (Å²) in [5, 5.41) is 5.57. The standard InChI is InChI=1S/C14H15Cl2N3OS/c1-14(2,3)10-6-21-13(18-10)19-12(20)8-4-7(17)5-9(15)11(8)16/h4-6H,17H2,1-3H3,(H,18,19,20). The van der Waals surface area contributed by atoms with Gasteiger partial charge in [-0.25, -0.2) is 4.98 Å². The highest BCUT2D eigenvalue weighted by atomic mass is 35.5. The van der Waals surface area contributed by atoms with Crippen molar-refractivity contribution in [2.24, 2.45) is 0 Å². The maximum Gasteiger partial charge on any atom is 0.259 e. The second kappa shape index (κ2) is 5.83. The molecule has 1 aromatic heterocycles. The third-order valence-corrected chi connectivity index (χ3v) is 4.35. The second-order valence-corrected chi connectivity index (χ2v) is 7.25. The molecule has 4 nitrogen and oxygen atoms in total. The van der Waals surface area contributed by atoms with E-state index in [0.717, 1.165) is 5.69 Å². The summed E-state index contributed by atoms with van der Waals surface area (Å²) in [6, 6.07) is 2.99. The number of nitrogen functional groups attached to an aromatic ring is 1. The lowest BCUT2D eigenvalue weighted by atomic mass is 9.93. The van der Waals surface area contributed by atoms with Gasteiger partial charge in [0.2, 0.25) is 0 Å². The Morgan fingerprint density at radius 1 is 1.33 bits per heavy atom. The maximum absolute atomic E-state index is 12.3. The van der Waals surface area contributed by atoms with Crippen molar-refractivity contribution in [3.05, 3.63) is 38.8 Å². The van der Waals surface area contributed by atoms with Crippen molar-refractivity contribution in [3.63, 3.8) is 0 Å². The smallest absolute Gasteiger partial charge is 0.259 e. The van der Waals surface area contributed by atoms with Crippen LogP contribution in [0.1, 0.15) is 36.8 Å². The zero-order valence-corrected chi connectivity index (χ0v) is 14.2. The highest BCUT2D eigenvalue weighted by Gasteiger charge is 2.19. The van der Waals surface area contributed by atoms with E-state index in [-0.39, 0.29) is 26.9 Å². The molecule has 0 radical (unpaired) electrons. The highest BCUT2D eigenvalue weighted by Crippen LogP contribution is 2.30. The summed E-state index contributed by atoms with van der Waals surface area (Å²) >= 11 is 13.3. The normalized spacial score (nSPS) is 11.5. The summed E-state index contributed by atoms with van der Waals surface area (Å²) in [6.07, 6.45) is 0. The van der Waals surface area contributed by atoms with Gasteiger partial charge in [0.15, 0.2) is 5.13 Å². The minimum atomic E-state index is -0.385. The molecule has 2 aromatic rings. The number of nitrogens with one attached hydrogen (secondary N) is 1. The highest BCUT2D eigenvalue weighted by molar-refractivity contribution is 7.14. The van der Waals surface area contributed by atoms with Crippen molar-refractivity contribution in [1.29, 1.82) is 0 Å². The average molecular weight is 344 g/mol. The first-order valence-corrected chi connectivity index (χ1v) is 7.84. The van der Waals surface area contributed by atoms with Crippen LogP contribution in [-0.2, 0) is 5.41 Å². The number of nitrogens with two attached hydrogens (primary N) is 1. The van der Waals surface area contributed by atoms with Gasteiger partial charge in [-0.05, 0) is 12.1 Å². The summed E-state index contributed by atoms with van der Waals surface area (Å²) in [7, 11) is 0. The summed E-state index contributed by atoms with van der Waals surface area (Å²) in [6.45, 7) is 6.17. The molecule has 2 rings (SSSR count). The van der Waals surface area contributed by atoms with E-state index in [1.807, 2.05) is 5.38 Å². The Bertz CT molecular complexity index is 692. The molecular weight excluding hydrogens is 329 g/mol. The monoisotopic (exact) mass is 343 g/mol. The number of hydrogen-bond acceptors (Lipinski definition) is 4. The number of carbonyl (C=O) groups excluding carboxylic acids is 1. The van der Waals surface area contributed by atoms with Crippen molar-refractivity contribution in [3.8, 4) is 0 Å². The van der Waals surface area contributed by atoms with Gasteiger partial charge in [-0.3, -0.25) is 10.1 Å². The van der Waals surface area contributed by atoms with Crippen LogP contribution in [0.2, 0.25) is 10.0 Å². The van der Waals surface area contributed by atoms with Crippen LogP contribution < -0.4 is 11.1 Å². The zero-order chi connectivity index (χ0) is 15.8. The quantitative estimate of drug-likeness (QED) is 0.784. The number of nitrogens with zero attached hydrogens (tertiary/aromatic N) is 1. The number of benzene rings is 1. The van der Waals surface area contributed by atoms with Gasteiger partial charge in [0.1, 0.15) is 0 Å². The van der Waals surface area contributed by atoms with E-state index >= 15 is 0 Å². The fraction of sp³-hybridized carbons (Fsp3) is 0.286. The SMILES string of the molecule is CC(C)(C)c1csc(NC(=O)c2cc(N)cc(Cl)c2Cl)n1. The summed E-state index contributed by atoms with van der Waals surface area (Å²) in [5.41, 5.74) is 7.14. The molecule has 0 spiro atoms. The number of anilines is 2. The molecule has 0 atom stereocenters. The Labute approximate surface area is 137 Å². The minimum absolute atomic E-state index is 0.0718. The summed E-state index contributed by atoms with van der Waals surface area (Å²) in [5.74, 6) is -0.385. The molecule has 0 aliphatic carbocycles. The first-order chi connectivity index (χ1) is 9.68. The van der Waals surface area contributed by atoms with Crippen molar-refractivity contribution in [2.45, 2.75) is 26.2 Å². The molecule has 1 aromatic carbocycles. The lowest BCUT2D eigenvalue weighted by Gasteiger charge is -2.14. The minimum Gasteiger partial charge on any atom is -0.399 e. The van der Waals surface area contributed by atoms with E-state index in [2.05, 4.69) is 31.1 Å². The van der Waals surface area contributed by atoms with Crippen LogP contribution in [0.25, 0.3) is 0 Å². The van der Waals surface area contributed by atoms with Gasteiger partial charge in [0.25, 0.3) is 5.91 Å². The Hall–Kier alpha value is -1.30. The van der Waals surface area contributed by atoms with Crippen LogP contribution >= 0.6 is 34.5 Å². The summed E-state index contributed by atoms with van der Waals surface area (Å²) in [4.78, 5) is 16.7. The molecule has 0 aliphatic heterocycles. The number of rotatable bonds is 2. The number of aromatic nitrogens is 1.